The highest BCUT2D eigenvalue weighted by atomic mass is 32.2. The largest absolute Gasteiger partial charge is 0.478 e. The van der Waals surface area contributed by atoms with Crippen molar-refractivity contribution in [2.45, 2.75) is 37.8 Å². The smallest absolute Gasteiger partial charge is 0.335 e. The molecule has 4 nitrogen and oxygen atoms in total. The predicted octanol–water partition coefficient (Wildman–Crippen LogP) is 2.84. The first-order valence-electron chi connectivity index (χ1n) is 8.55. The number of carboxylic acid groups (broad SMARTS) is 1. The normalized spacial score (nSPS) is 21.4. The Morgan fingerprint density at radius 2 is 1.83 bits per heavy atom. The molecule has 1 saturated heterocycles. The van der Waals surface area contributed by atoms with Gasteiger partial charge in [0.2, 0.25) is 0 Å². The van der Waals surface area contributed by atoms with Gasteiger partial charge in [0.05, 0.1) is 5.56 Å². The molecule has 1 aliphatic carbocycles. The van der Waals surface area contributed by atoms with E-state index in [1.54, 1.807) is 12.1 Å². The monoisotopic (exact) mass is 334 g/mol. The van der Waals surface area contributed by atoms with Crippen molar-refractivity contribution in [3.8, 4) is 0 Å². The van der Waals surface area contributed by atoms with Crippen molar-refractivity contribution < 1.29 is 9.90 Å². The molecule has 5 heteroatoms. The quantitative estimate of drug-likeness (QED) is 0.838. The Hall–Kier alpha value is -1.04. The Morgan fingerprint density at radius 1 is 1.17 bits per heavy atom. The van der Waals surface area contributed by atoms with E-state index in [0.717, 1.165) is 18.7 Å². The molecule has 1 aromatic rings. The van der Waals surface area contributed by atoms with Crippen LogP contribution in [0, 0.1) is 0 Å². The lowest BCUT2D eigenvalue weighted by molar-refractivity contribution is 0.0697. The van der Waals surface area contributed by atoms with Crippen LogP contribution < -0.4 is 5.32 Å². The Labute approximate surface area is 142 Å². The number of carboxylic acids is 1. The molecule has 0 radical (unpaired) electrons. The van der Waals surface area contributed by atoms with Gasteiger partial charge < -0.3 is 10.4 Å². The molecule has 2 aliphatic rings. The average molecular weight is 334 g/mol. The second-order valence-corrected chi connectivity index (χ2v) is 7.86. The Bertz CT molecular complexity index is 520. The fraction of sp³-hybridized carbons (Fsp3) is 0.611. The van der Waals surface area contributed by atoms with Gasteiger partial charge in [-0.1, -0.05) is 25.0 Å². The molecular formula is C18H26N2O2S. The Balaban J connectivity index is 1.55. The lowest BCUT2D eigenvalue weighted by Crippen LogP contribution is -2.55. The summed E-state index contributed by atoms with van der Waals surface area (Å²) in [5, 5.41) is 12.6. The molecule has 0 aromatic heterocycles. The summed E-state index contributed by atoms with van der Waals surface area (Å²) in [6, 6.07) is 7.20. The van der Waals surface area contributed by atoms with Crippen molar-refractivity contribution in [1.82, 2.24) is 10.2 Å². The molecule has 3 rings (SSSR count). The summed E-state index contributed by atoms with van der Waals surface area (Å²) < 4.78 is 0. The van der Waals surface area contributed by atoms with E-state index in [9.17, 15) is 4.79 Å². The van der Waals surface area contributed by atoms with Crippen LogP contribution in [0.2, 0.25) is 0 Å². The number of aromatic carboxylic acids is 1. The Kier molecular flexibility index (Phi) is 5.62. The predicted molar refractivity (Wildman–Crippen MR) is 95.2 cm³/mol. The minimum atomic E-state index is -0.864. The van der Waals surface area contributed by atoms with Crippen LogP contribution in [0.5, 0.6) is 0 Å². The molecule has 2 fully saturated rings. The first-order chi connectivity index (χ1) is 11.2. The molecule has 0 bridgehead atoms. The van der Waals surface area contributed by atoms with E-state index in [1.165, 1.54) is 50.3 Å². The van der Waals surface area contributed by atoms with Gasteiger partial charge >= 0.3 is 5.97 Å². The Morgan fingerprint density at radius 3 is 2.43 bits per heavy atom. The highest BCUT2D eigenvalue weighted by molar-refractivity contribution is 7.99. The molecule has 1 aliphatic heterocycles. The average Bonchev–Trinajstić information content (AvgIpc) is 3.06. The van der Waals surface area contributed by atoms with E-state index in [2.05, 4.69) is 22.0 Å². The number of carbonyl (C=O) groups is 1. The van der Waals surface area contributed by atoms with Crippen molar-refractivity contribution >= 4 is 17.7 Å². The summed E-state index contributed by atoms with van der Waals surface area (Å²) in [5.41, 5.74) is 1.85. The molecule has 126 valence electrons. The van der Waals surface area contributed by atoms with E-state index in [1.807, 2.05) is 12.1 Å². The molecule has 2 N–H and O–H groups in total. The molecule has 0 spiro atoms. The van der Waals surface area contributed by atoms with E-state index in [-0.39, 0.29) is 0 Å². The zero-order chi connectivity index (χ0) is 16.1. The topological polar surface area (TPSA) is 52.6 Å². The van der Waals surface area contributed by atoms with Gasteiger partial charge in [0, 0.05) is 43.2 Å². The van der Waals surface area contributed by atoms with Crippen LogP contribution in [0.1, 0.15) is 41.6 Å². The number of rotatable bonds is 6. The third-order valence-electron chi connectivity index (χ3n) is 5.20. The third kappa shape index (κ3) is 4.08. The van der Waals surface area contributed by atoms with Gasteiger partial charge in [-0.05, 0) is 30.5 Å². The minimum absolute atomic E-state index is 0.349. The van der Waals surface area contributed by atoms with Crippen LogP contribution in [0.25, 0.3) is 0 Å². The first-order valence-corrected chi connectivity index (χ1v) is 9.71. The van der Waals surface area contributed by atoms with E-state index >= 15 is 0 Å². The highest BCUT2D eigenvalue weighted by Crippen LogP contribution is 2.36. The number of nitrogens with zero attached hydrogens (tertiary/aromatic N) is 1. The standard InChI is InChI=1S/C18H26N2O2S/c21-17(22)16-5-3-15(4-6-16)13-19-14-18(7-1-2-8-18)20-9-11-23-12-10-20/h3-6,19H,1-2,7-14H2,(H,21,22). The van der Waals surface area contributed by atoms with E-state index in [4.69, 9.17) is 5.11 Å². The molecule has 1 saturated carbocycles. The van der Waals surface area contributed by atoms with Gasteiger partial charge in [0.25, 0.3) is 0 Å². The van der Waals surface area contributed by atoms with Crippen LogP contribution in [0.4, 0.5) is 0 Å². The lowest BCUT2D eigenvalue weighted by Gasteiger charge is -2.43. The van der Waals surface area contributed by atoms with Gasteiger partial charge in [-0.25, -0.2) is 4.79 Å². The zero-order valence-electron chi connectivity index (χ0n) is 13.6. The first kappa shape index (κ1) is 16.8. The molecular weight excluding hydrogens is 308 g/mol. The summed E-state index contributed by atoms with van der Waals surface area (Å²) in [6.07, 6.45) is 5.31. The van der Waals surface area contributed by atoms with Crippen molar-refractivity contribution in [2.75, 3.05) is 31.1 Å². The van der Waals surface area contributed by atoms with Crippen LogP contribution in [0.15, 0.2) is 24.3 Å². The molecule has 0 atom stereocenters. The molecule has 0 amide bonds. The van der Waals surface area contributed by atoms with Crippen molar-refractivity contribution in [1.29, 1.82) is 0 Å². The van der Waals surface area contributed by atoms with Gasteiger partial charge in [-0.2, -0.15) is 11.8 Å². The molecule has 1 aromatic carbocycles. The summed E-state index contributed by atoms with van der Waals surface area (Å²) in [6.45, 7) is 4.29. The SMILES string of the molecule is O=C(O)c1ccc(CNCC2(N3CCSCC3)CCCC2)cc1. The maximum atomic E-state index is 10.9. The second kappa shape index (κ2) is 7.69. The van der Waals surface area contributed by atoms with E-state index in [0.29, 0.717) is 11.1 Å². The van der Waals surface area contributed by atoms with Crippen molar-refractivity contribution in [3.63, 3.8) is 0 Å². The van der Waals surface area contributed by atoms with Crippen LogP contribution in [0.3, 0.4) is 0 Å². The van der Waals surface area contributed by atoms with Crippen LogP contribution >= 0.6 is 11.8 Å². The maximum absolute atomic E-state index is 10.9. The van der Waals surface area contributed by atoms with Gasteiger partial charge in [-0.3, -0.25) is 4.90 Å². The summed E-state index contributed by atoms with van der Waals surface area (Å²) in [7, 11) is 0. The van der Waals surface area contributed by atoms with Crippen LogP contribution in [-0.4, -0.2) is 52.7 Å². The highest BCUT2D eigenvalue weighted by Gasteiger charge is 2.39. The summed E-state index contributed by atoms with van der Waals surface area (Å²) >= 11 is 2.07. The lowest BCUT2D eigenvalue weighted by atomic mass is 9.94. The molecule has 1 heterocycles. The van der Waals surface area contributed by atoms with Gasteiger partial charge in [0.1, 0.15) is 0 Å². The van der Waals surface area contributed by atoms with E-state index < -0.39 is 5.97 Å². The van der Waals surface area contributed by atoms with Crippen molar-refractivity contribution in [3.05, 3.63) is 35.4 Å². The zero-order valence-corrected chi connectivity index (χ0v) is 14.4. The van der Waals surface area contributed by atoms with Gasteiger partial charge in [-0.15, -0.1) is 0 Å². The summed E-state index contributed by atoms with van der Waals surface area (Å²) in [4.78, 5) is 13.6. The number of nitrogens with one attached hydrogen (secondary N) is 1. The number of hydrogen-bond donors (Lipinski definition) is 2. The third-order valence-corrected chi connectivity index (χ3v) is 6.14. The number of benzene rings is 1. The fourth-order valence-electron chi connectivity index (χ4n) is 3.88. The number of thioether (sulfide) groups is 1. The molecule has 23 heavy (non-hydrogen) atoms. The maximum Gasteiger partial charge on any atom is 0.335 e. The second-order valence-electron chi connectivity index (χ2n) is 6.64. The molecule has 0 unspecified atom stereocenters. The summed E-state index contributed by atoms with van der Waals surface area (Å²) in [5.74, 6) is 1.66. The van der Waals surface area contributed by atoms with Gasteiger partial charge in [0.15, 0.2) is 0 Å². The van der Waals surface area contributed by atoms with Crippen LogP contribution in [-0.2, 0) is 6.54 Å². The minimum Gasteiger partial charge on any atom is -0.478 e. The number of hydrogen-bond acceptors (Lipinski definition) is 4. The van der Waals surface area contributed by atoms with Crippen molar-refractivity contribution in [2.24, 2.45) is 0 Å². The fourth-order valence-corrected chi connectivity index (χ4v) is 4.78.